The Labute approximate surface area is 133 Å². The summed E-state index contributed by atoms with van der Waals surface area (Å²) in [6.45, 7) is 5.75. The van der Waals surface area contributed by atoms with Crippen LogP contribution >= 0.6 is 0 Å². The molecule has 1 aromatic carbocycles. The SMILES string of the molecule is Cc1cc(OCC(=O)Nc2ccc(C)c(C)c2)c2nncn2n1. The van der Waals surface area contributed by atoms with E-state index in [1.807, 2.05) is 39.0 Å². The Morgan fingerprint density at radius 3 is 2.83 bits per heavy atom. The van der Waals surface area contributed by atoms with E-state index in [0.717, 1.165) is 16.9 Å². The predicted octanol–water partition coefficient (Wildman–Crippen LogP) is 2.07. The molecule has 0 radical (unpaired) electrons. The monoisotopic (exact) mass is 311 g/mol. The summed E-state index contributed by atoms with van der Waals surface area (Å²) in [5.41, 5.74) is 4.29. The minimum Gasteiger partial charge on any atom is -0.480 e. The molecule has 7 nitrogen and oxygen atoms in total. The zero-order valence-electron chi connectivity index (χ0n) is 13.2. The molecule has 0 bridgehead atoms. The zero-order chi connectivity index (χ0) is 16.4. The lowest BCUT2D eigenvalue weighted by Gasteiger charge is -2.09. The summed E-state index contributed by atoms with van der Waals surface area (Å²) in [5, 5.41) is 14.8. The second-order valence-corrected chi connectivity index (χ2v) is 5.38. The maximum absolute atomic E-state index is 12.0. The van der Waals surface area contributed by atoms with Crippen molar-refractivity contribution in [3.63, 3.8) is 0 Å². The number of aromatic nitrogens is 4. The summed E-state index contributed by atoms with van der Waals surface area (Å²) < 4.78 is 7.09. The highest BCUT2D eigenvalue weighted by Crippen LogP contribution is 2.18. The Hall–Kier alpha value is -2.96. The second kappa shape index (κ2) is 6.04. The molecule has 0 atom stereocenters. The summed E-state index contributed by atoms with van der Waals surface area (Å²) in [6.07, 6.45) is 1.49. The van der Waals surface area contributed by atoms with Crippen LogP contribution in [-0.2, 0) is 4.79 Å². The number of hydrogen-bond donors (Lipinski definition) is 1. The summed E-state index contributed by atoms with van der Waals surface area (Å²) in [7, 11) is 0. The lowest BCUT2D eigenvalue weighted by molar-refractivity contribution is -0.118. The molecule has 0 unspecified atom stereocenters. The molecule has 0 aliphatic carbocycles. The number of aryl methyl sites for hydroxylation is 3. The fourth-order valence-electron chi connectivity index (χ4n) is 2.18. The summed E-state index contributed by atoms with van der Waals surface area (Å²) in [4.78, 5) is 12.0. The number of amides is 1. The third-order valence-electron chi connectivity index (χ3n) is 3.51. The highest BCUT2D eigenvalue weighted by Gasteiger charge is 2.10. The van der Waals surface area contributed by atoms with Crippen LogP contribution in [0, 0.1) is 20.8 Å². The van der Waals surface area contributed by atoms with E-state index in [-0.39, 0.29) is 12.5 Å². The van der Waals surface area contributed by atoms with E-state index in [0.29, 0.717) is 11.4 Å². The van der Waals surface area contributed by atoms with E-state index < -0.39 is 0 Å². The van der Waals surface area contributed by atoms with E-state index in [2.05, 4.69) is 20.6 Å². The van der Waals surface area contributed by atoms with Crippen LogP contribution < -0.4 is 10.1 Å². The van der Waals surface area contributed by atoms with Gasteiger partial charge in [-0.05, 0) is 44.0 Å². The summed E-state index contributed by atoms with van der Waals surface area (Å²) in [6, 6.07) is 7.50. The van der Waals surface area contributed by atoms with Gasteiger partial charge in [0, 0.05) is 11.8 Å². The number of fused-ring (bicyclic) bond motifs is 1. The minimum atomic E-state index is -0.236. The lowest BCUT2D eigenvalue weighted by Crippen LogP contribution is -2.20. The first-order valence-corrected chi connectivity index (χ1v) is 7.20. The number of rotatable bonds is 4. The van der Waals surface area contributed by atoms with Crippen molar-refractivity contribution in [1.82, 2.24) is 19.8 Å². The Bertz CT molecular complexity index is 872. The van der Waals surface area contributed by atoms with Gasteiger partial charge in [0.2, 0.25) is 5.65 Å². The number of nitrogens with zero attached hydrogens (tertiary/aromatic N) is 4. The van der Waals surface area contributed by atoms with Gasteiger partial charge in [-0.2, -0.15) is 9.61 Å². The van der Waals surface area contributed by atoms with Crippen molar-refractivity contribution in [3.8, 4) is 5.75 Å². The molecule has 0 fully saturated rings. The van der Waals surface area contributed by atoms with Crippen molar-refractivity contribution >= 4 is 17.2 Å². The van der Waals surface area contributed by atoms with Crippen molar-refractivity contribution in [1.29, 1.82) is 0 Å². The average molecular weight is 311 g/mol. The molecule has 3 aromatic rings. The van der Waals surface area contributed by atoms with E-state index in [1.165, 1.54) is 16.4 Å². The average Bonchev–Trinajstić information content (AvgIpc) is 2.97. The van der Waals surface area contributed by atoms with Gasteiger partial charge >= 0.3 is 0 Å². The molecule has 0 saturated carbocycles. The molecular formula is C16H17N5O2. The van der Waals surface area contributed by atoms with Crippen LogP contribution in [0.4, 0.5) is 5.69 Å². The normalized spacial score (nSPS) is 10.7. The maximum Gasteiger partial charge on any atom is 0.262 e. The van der Waals surface area contributed by atoms with Gasteiger partial charge in [0.15, 0.2) is 12.4 Å². The van der Waals surface area contributed by atoms with E-state index in [4.69, 9.17) is 4.74 Å². The van der Waals surface area contributed by atoms with Gasteiger partial charge in [-0.1, -0.05) is 6.07 Å². The third kappa shape index (κ3) is 3.28. The molecule has 3 rings (SSSR count). The number of ether oxygens (including phenoxy) is 1. The van der Waals surface area contributed by atoms with Gasteiger partial charge in [0.1, 0.15) is 6.33 Å². The van der Waals surface area contributed by atoms with Gasteiger partial charge in [-0.3, -0.25) is 4.79 Å². The Balaban J connectivity index is 1.68. The molecule has 0 spiro atoms. The van der Waals surface area contributed by atoms with Crippen LogP contribution in [-0.4, -0.2) is 32.3 Å². The first-order chi connectivity index (χ1) is 11.0. The Morgan fingerprint density at radius 2 is 2.04 bits per heavy atom. The topological polar surface area (TPSA) is 81.4 Å². The van der Waals surface area contributed by atoms with Gasteiger partial charge in [-0.15, -0.1) is 10.2 Å². The molecular weight excluding hydrogens is 294 g/mol. The molecule has 1 N–H and O–H groups in total. The molecule has 118 valence electrons. The molecule has 2 heterocycles. The van der Waals surface area contributed by atoms with Crippen LogP contribution in [0.3, 0.4) is 0 Å². The third-order valence-corrected chi connectivity index (χ3v) is 3.51. The van der Waals surface area contributed by atoms with Gasteiger partial charge < -0.3 is 10.1 Å². The summed E-state index contributed by atoms with van der Waals surface area (Å²) >= 11 is 0. The number of carbonyl (C=O) groups excluding carboxylic acids is 1. The van der Waals surface area contributed by atoms with Crippen LogP contribution in [0.25, 0.3) is 5.65 Å². The van der Waals surface area contributed by atoms with E-state index >= 15 is 0 Å². The van der Waals surface area contributed by atoms with Crippen molar-refractivity contribution in [2.45, 2.75) is 20.8 Å². The smallest absolute Gasteiger partial charge is 0.262 e. The van der Waals surface area contributed by atoms with Gasteiger partial charge in [0.05, 0.1) is 5.69 Å². The molecule has 0 saturated heterocycles. The molecule has 23 heavy (non-hydrogen) atoms. The highest BCUT2D eigenvalue weighted by atomic mass is 16.5. The van der Waals surface area contributed by atoms with Gasteiger partial charge in [-0.25, -0.2) is 0 Å². The first-order valence-electron chi connectivity index (χ1n) is 7.20. The van der Waals surface area contributed by atoms with Gasteiger partial charge in [0.25, 0.3) is 5.91 Å². The van der Waals surface area contributed by atoms with Crippen LogP contribution in [0.2, 0.25) is 0 Å². The molecule has 0 aliphatic heterocycles. The number of carbonyl (C=O) groups is 1. The highest BCUT2D eigenvalue weighted by molar-refractivity contribution is 5.92. The van der Waals surface area contributed by atoms with Crippen molar-refractivity contribution in [3.05, 3.63) is 47.4 Å². The summed E-state index contributed by atoms with van der Waals surface area (Å²) in [5.74, 6) is 0.241. The van der Waals surface area contributed by atoms with E-state index in [9.17, 15) is 4.79 Å². The second-order valence-electron chi connectivity index (χ2n) is 5.38. The number of hydrogen-bond acceptors (Lipinski definition) is 5. The standard InChI is InChI=1S/C16H17N5O2/c1-10-4-5-13(6-11(10)2)18-15(22)8-23-14-7-12(3)20-21-9-17-19-16(14)21/h4-7,9H,8H2,1-3H3,(H,18,22). The Morgan fingerprint density at radius 1 is 1.22 bits per heavy atom. The predicted molar refractivity (Wildman–Crippen MR) is 85.6 cm³/mol. The minimum absolute atomic E-state index is 0.112. The largest absolute Gasteiger partial charge is 0.480 e. The molecule has 7 heteroatoms. The number of anilines is 1. The van der Waals surface area contributed by atoms with Crippen molar-refractivity contribution < 1.29 is 9.53 Å². The zero-order valence-corrected chi connectivity index (χ0v) is 13.2. The van der Waals surface area contributed by atoms with Crippen LogP contribution in [0.1, 0.15) is 16.8 Å². The molecule has 2 aromatic heterocycles. The lowest BCUT2D eigenvalue weighted by atomic mass is 10.1. The van der Waals surface area contributed by atoms with Crippen molar-refractivity contribution in [2.24, 2.45) is 0 Å². The Kier molecular flexibility index (Phi) is 3.92. The van der Waals surface area contributed by atoms with E-state index in [1.54, 1.807) is 6.07 Å². The van der Waals surface area contributed by atoms with Crippen LogP contribution in [0.5, 0.6) is 5.75 Å². The quantitative estimate of drug-likeness (QED) is 0.797. The number of nitrogens with one attached hydrogen (secondary N) is 1. The molecule has 1 amide bonds. The fraction of sp³-hybridized carbons (Fsp3) is 0.250. The first kappa shape index (κ1) is 15.0. The van der Waals surface area contributed by atoms with Crippen molar-refractivity contribution in [2.75, 3.05) is 11.9 Å². The fourth-order valence-corrected chi connectivity index (χ4v) is 2.18. The molecule has 0 aliphatic rings. The number of benzene rings is 1. The van der Waals surface area contributed by atoms with Crippen LogP contribution in [0.15, 0.2) is 30.6 Å². The maximum atomic E-state index is 12.0.